The van der Waals surface area contributed by atoms with E-state index in [0.29, 0.717) is 0 Å². The maximum Gasteiger partial charge on any atom is 0.141 e. The Morgan fingerprint density at radius 1 is 1.32 bits per heavy atom. The Morgan fingerprint density at radius 2 is 1.89 bits per heavy atom. The molecule has 1 aromatic rings. The van der Waals surface area contributed by atoms with Crippen molar-refractivity contribution in [2.24, 2.45) is 0 Å². The summed E-state index contributed by atoms with van der Waals surface area (Å²) in [6.07, 6.45) is 0. The monoisotopic (exact) mass is 374 g/mol. The van der Waals surface area contributed by atoms with Crippen LogP contribution in [0.5, 0.6) is 5.75 Å². The average molecular weight is 376 g/mol. The largest absolute Gasteiger partial charge is 0.506 e. The molecule has 0 unspecified atom stereocenters. The molecule has 0 saturated carbocycles. The zero-order valence-corrected chi connectivity index (χ0v) is 13.7. The van der Waals surface area contributed by atoms with Crippen molar-refractivity contribution in [3.63, 3.8) is 0 Å². The number of aromatic hydroxyl groups is 1. The van der Waals surface area contributed by atoms with Gasteiger partial charge >= 0.3 is 0 Å². The van der Waals surface area contributed by atoms with Gasteiger partial charge in [0, 0.05) is 37.8 Å². The number of hydrogen-bond acceptors (Lipinski definition) is 3. The second kappa shape index (κ2) is 8.27. The van der Waals surface area contributed by atoms with E-state index in [9.17, 15) is 9.50 Å². The molecule has 1 atom stereocenters. The van der Waals surface area contributed by atoms with Gasteiger partial charge in [-0.15, -0.1) is 24.8 Å². The lowest BCUT2D eigenvalue weighted by molar-refractivity contribution is 0.182. The normalized spacial score (nSPS) is 17.2. The Bertz CT molecular complexity index is 417. The van der Waals surface area contributed by atoms with E-state index in [0.717, 1.165) is 31.7 Å². The van der Waals surface area contributed by atoms with Crippen molar-refractivity contribution in [1.82, 2.24) is 10.2 Å². The fourth-order valence-corrected chi connectivity index (χ4v) is 2.52. The first kappa shape index (κ1) is 18.9. The van der Waals surface area contributed by atoms with Crippen molar-refractivity contribution in [2.45, 2.75) is 13.0 Å². The van der Waals surface area contributed by atoms with Gasteiger partial charge in [-0.2, -0.15) is 0 Å². The van der Waals surface area contributed by atoms with Crippen LogP contribution in [0.25, 0.3) is 0 Å². The summed E-state index contributed by atoms with van der Waals surface area (Å²) in [6, 6.07) is 3.13. The summed E-state index contributed by atoms with van der Waals surface area (Å²) >= 11 is 3.07. The van der Waals surface area contributed by atoms with E-state index in [1.165, 1.54) is 6.07 Å². The predicted molar refractivity (Wildman–Crippen MR) is 83.1 cm³/mol. The lowest BCUT2D eigenvalue weighted by atomic mass is 10.0. The molecule has 1 aliphatic rings. The van der Waals surface area contributed by atoms with Gasteiger partial charge in [0.15, 0.2) is 0 Å². The first-order chi connectivity index (χ1) is 8.11. The van der Waals surface area contributed by atoms with Crippen LogP contribution in [0.15, 0.2) is 16.6 Å². The lowest BCUT2D eigenvalue weighted by Gasteiger charge is -2.33. The number of nitrogens with one attached hydrogen (secondary N) is 1. The van der Waals surface area contributed by atoms with E-state index in [4.69, 9.17) is 0 Å². The van der Waals surface area contributed by atoms with Crippen LogP contribution in [-0.4, -0.2) is 36.2 Å². The van der Waals surface area contributed by atoms with E-state index < -0.39 is 5.82 Å². The summed E-state index contributed by atoms with van der Waals surface area (Å²) in [5, 5.41) is 13.2. The van der Waals surface area contributed by atoms with E-state index >= 15 is 0 Å². The van der Waals surface area contributed by atoms with Crippen molar-refractivity contribution < 1.29 is 9.50 Å². The molecule has 1 fully saturated rings. The smallest absolute Gasteiger partial charge is 0.141 e. The average Bonchev–Trinajstić information content (AvgIpc) is 2.36. The van der Waals surface area contributed by atoms with Crippen LogP contribution in [0.4, 0.5) is 4.39 Å². The number of halogens is 4. The van der Waals surface area contributed by atoms with Crippen LogP contribution in [0, 0.1) is 5.82 Å². The Balaban J connectivity index is 0.00000162. The van der Waals surface area contributed by atoms with E-state index in [-0.39, 0.29) is 41.1 Å². The molecule has 0 bridgehead atoms. The molecule has 19 heavy (non-hydrogen) atoms. The SMILES string of the molecule is C[C@@H](c1ccc(F)c(Br)c1O)N1CCNCC1.Cl.Cl. The van der Waals surface area contributed by atoms with Gasteiger partial charge in [0.25, 0.3) is 0 Å². The number of hydrogen-bond donors (Lipinski definition) is 2. The number of benzene rings is 1. The molecule has 0 aliphatic carbocycles. The number of piperazine rings is 1. The quantitative estimate of drug-likeness (QED) is 0.833. The van der Waals surface area contributed by atoms with Crippen LogP contribution < -0.4 is 5.32 Å². The zero-order valence-electron chi connectivity index (χ0n) is 10.5. The molecule has 1 heterocycles. The van der Waals surface area contributed by atoms with Crippen molar-refractivity contribution in [3.8, 4) is 5.75 Å². The minimum absolute atomic E-state index is 0. The molecule has 2 N–H and O–H groups in total. The van der Waals surface area contributed by atoms with Gasteiger partial charge in [-0.3, -0.25) is 4.90 Å². The van der Waals surface area contributed by atoms with Crippen molar-refractivity contribution in [2.75, 3.05) is 26.2 Å². The van der Waals surface area contributed by atoms with E-state index in [1.807, 2.05) is 6.92 Å². The highest BCUT2D eigenvalue weighted by atomic mass is 79.9. The van der Waals surface area contributed by atoms with Crippen LogP contribution >= 0.6 is 40.7 Å². The second-order valence-corrected chi connectivity index (χ2v) is 5.05. The molecule has 1 aliphatic heterocycles. The summed E-state index contributed by atoms with van der Waals surface area (Å²) in [4.78, 5) is 2.27. The minimum Gasteiger partial charge on any atom is -0.506 e. The first-order valence-corrected chi connectivity index (χ1v) is 6.52. The third-order valence-corrected chi connectivity index (χ3v) is 4.00. The topological polar surface area (TPSA) is 35.5 Å². The summed E-state index contributed by atoms with van der Waals surface area (Å²) in [7, 11) is 0. The third-order valence-electron chi connectivity index (χ3n) is 3.25. The fourth-order valence-electron chi connectivity index (χ4n) is 2.16. The molecular weight excluding hydrogens is 358 g/mol. The highest BCUT2D eigenvalue weighted by molar-refractivity contribution is 9.10. The van der Waals surface area contributed by atoms with Gasteiger partial charge < -0.3 is 10.4 Å². The van der Waals surface area contributed by atoms with Crippen LogP contribution in [0.1, 0.15) is 18.5 Å². The Kier molecular flexibility index (Phi) is 8.24. The molecule has 1 aromatic carbocycles. The van der Waals surface area contributed by atoms with E-state index in [2.05, 4.69) is 26.1 Å². The number of rotatable bonds is 2. The van der Waals surface area contributed by atoms with Crippen molar-refractivity contribution in [3.05, 3.63) is 28.0 Å². The third kappa shape index (κ3) is 4.20. The number of phenolic OH excluding ortho intramolecular Hbond substituents is 1. The zero-order chi connectivity index (χ0) is 12.4. The van der Waals surface area contributed by atoms with E-state index in [1.54, 1.807) is 6.07 Å². The summed E-state index contributed by atoms with van der Waals surface area (Å²) < 4.78 is 13.4. The molecule has 2 rings (SSSR count). The Hall–Kier alpha value is -0.0700. The molecule has 0 aromatic heterocycles. The van der Waals surface area contributed by atoms with Gasteiger partial charge in [-0.1, -0.05) is 6.07 Å². The highest BCUT2D eigenvalue weighted by Gasteiger charge is 2.22. The van der Waals surface area contributed by atoms with Crippen molar-refractivity contribution in [1.29, 1.82) is 0 Å². The van der Waals surface area contributed by atoms with Gasteiger partial charge in [0.1, 0.15) is 11.6 Å². The molecule has 0 radical (unpaired) electrons. The molecule has 0 amide bonds. The Labute approximate surface area is 133 Å². The van der Waals surface area contributed by atoms with Crippen molar-refractivity contribution >= 4 is 40.7 Å². The fraction of sp³-hybridized carbons (Fsp3) is 0.500. The summed E-state index contributed by atoms with van der Waals surface area (Å²) in [6.45, 7) is 5.82. The highest BCUT2D eigenvalue weighted by Crippen LogP contribution is 2.35. The molecule has 7 heteroatoms. The maximum atomic E-state index is 13.2. The van der Waals surface area contributed by atoms with Crippen LogP contribution in [0.3, 0.4) is 0 Å². The van der Waals surface area contributed by atoms with Crippen LogP contribution in [0.2, 0.25) is 0 Å². The first-order valence-electron chi connectivity index (χ1n) is 5.73. The number of phenols is 1. The van der Waals surface area contributed by atoms with Gasteiger partial charge in [0.05, 0.1) is 4.47 Å². The van der Waals surface area contributed by atoms with Crippen LogP contribution in [-0.2, 0) is 0 Å². The second-order valence-electron chi connectivity index (χ2n) is 4.26. The Morgan fingerprint density at radius 3 is 2.47 bits per heavy atom. The summed E-state index contributed by atoms with van der Waals surface area (Å²) in [5.74, 6) is -0.421. The van der Waals surface area contributed by atoms with Gasteiger partial charge in [-0.05, 0) is 28.9 Å². The molecular formula is C12H18BrCl2FN2O. The number of nitrogens with zero attached hydrogens (tertiary/aromatic N) is 1. The standard InChI is InChI=1S/C12H16BrFN2O.2ClH/c1-8(16-6-4-15-5-7-16)9-2-3-10(14)11(13)12(9)17;;/h2-3,8,15,17H,4-7H2,1H3;2*1H/t8-;;/m0../s1. The molecule has 0 spiro atoms. The molecule has 3 nitrogen and oxygen atoms in total. The maximum absolute atomic E-state index is 13.2. The summed E-state index contributed by atoms with van der Waals surface area (Å²) in [5.41, 5.74) is 0.764. The minimum atomic E-state index is -0.432. The molecule has 110 valence electrons. The molecule has 1 saturated heterocycles. The predicted octanol–water partition coefficient (Wildman–Crippen LogP) is 3.10. The van der Waals surface area contributed by atoms with Gasteiger partial charge in [0.2, 0.25) is 0 Å². The van der Waals surface area contributed by atoms with Gasteiger partial charge in [-0.25, -0.2) is 4.39 Å². The lowest BCUT2D eigenvalue weighted by Crippen LogP contribution is -2.44.